The second-order valence-corrected chi connectivity index (χ2v) is 9.05. The van der Waals surface area contributed by atoms with Gasteiger partial charge in [0.1, 0.15) is 11.2 Å². The van der Waals surface area contributed by atoms with Crippen LogP contribution in [0.15, 0.2) is 138 Å². The van der Waals surface area contributed by atoms with E-state index in [2.05, 4.69) is 84.9 Å². The van der Waals surface area contributed by atoms with Crippen LogP contribution in [0.4, 0.5) is 0 Å². The number of rotatable bonds is 4. The first-order chi connectivity index (χ1) is 18.3. The Balaban J connectivity index is 1.44. The summed E-state index contributed by atoms with van der Waals surface area (Å²) >= 11 is 0. The minimum absolute atomic E-state index is 0.711. The molecule has 0 atom stereocenters. The summed E-state index contributed by atoms with van der Waals surface area (Å²) in [6, 6.07) is 45.6. The van der Waals surface area contributed by atoms with Gasteiger partial charge < -0.3 is 4.42 Å². The van der Waals surface area contributed by atoms with Crippen molar-refractivity contribution in [3.05, 3.63) is 133 Å². The van der Waals surface area contributed by atoms with Crippen molar-refractivity contribution in [3.8, 4) is 45.0 Å². The maximum Gasteiger partial charge on any atom is 0.160 e. The number of fused-ring (bicyclic) bond motifs is 3. The molecule has 0 spiro atoms. The zero-order valence-electron chi connectivity index (χ0n) is 20.0. The maximum absolute atomic E-state index is 6.07. The van der Waals surface area contributed by atoms with E-state index >= 15 is 0 Å². The summed E-state index contributed by atoms with van der Waals surface area (Å²) < 4.78 is 6.07. The predicted octanol–water partition coefficient (Wildman–Crippen LogP) is 9.04. The predicted molar refractivity (Wildman–Crippen MR) is 151 cm³/mol. The van der Waals surface area contributed by atoms with Crippen molar-refractivity contribution in [1.29, 1.82) is 0 Å². The lowest BCUT2D eigenvalue weighted by Crippen LogP contribution is -1.97. The van der Waals surface area contributed by atoms with E-state index < -0.39 is 0 Å². The highest BCUT2D eigenvalue weighted by atomic mass is 16.3. The average Bonchev–Trinajstić information content (AvgIpc) is 3.36. The Bertz CT molecular complexity index is 1810. The van der Waals surface area contributed by atoms with Crippen molar-refractivity contribution in [2.45, 2.75) is 0 Å². The third-order valence-electron chi connectivity index (χ3n) is 6.72. The largest absolute Gasteiger partial charge is 0.456 e. The molecule has 2 aromatic heterocycles. The minimum atomic E-state index is 0.711. The molecule has 5 aromatic carbocycles. The molecular weight excluding hydrogens is 452 g/mol. The van der Waals surface area contributed by atoms with E-state index in [1.54, 1.807) is 0 Å². The molecule has 0 saturated heterocycles. The molecule has 2 heterocycles. The normalized spacial score (nSPS) is 11.2. The van der Waals surface area contributed by atoms with Crippen LogP contribution in [0.2, 0.25) is 0 Å². The van der Waals surface area contributed by atoms with Crippen molar-refractivity contribution in [2.24, 2.45) is 0 Å². The highest BCUT2D eigenvalue weighted by Crippen LogP contribution is 2.37. The number of furan rings is 1. The number of aromatic nitrogens is 2. The molecule has 0 saturated carbocycles. The Kier molecular flexibility index (Phi) is 5.11. The summed E-state index contributed by atoms with van der Waals surface area (Å²) in [7, 11) is 0. The van der Waals surface area contributed by atoms with Gasteiger partial charge >= 0.3 is 0 Å². The van der Waals surface area contributed by atoms with E-state index in [0.29, 0.717) is 5.82 Å². The molecular formula is C34H22N2O. The van der Waals surface area contributed by atoms with E-state index in [-0.39, 0.29) is 0 Å². The topological polar surface area (TPSA) is 38.9 Å². The standard InChI is InChI=1S/C34H22N2O/c1-3-11-23(12-4-1)30-22-31(36-34(35-30)24-13-5-2-6-14-24)27-16-8-7-15-26(27)25-19-20-33-29(21-25)28-17-9-10-18-32(28)37-33/h1-22H. The molecule has 0 N–H and O–H groups in total. The molecule has 3 nitrogen and oxygen atoms in total. The zero-order valence-corrected chi connectivity index (χ0v) is 20.0. The van der Waals surface area contributed by atoms with Crippen LogP contribution >= 0.6 is 0 Å². The van der Waals surface area contributed by atoms with Crippen molar-refractivity contribution in [3.63, 3.8) is 0 Å². The Morgan fingerprint density at radius 3 is 1.84 bits per heavy atom. The van der Waals surface area contributed by atoms with Gasteiger partial charge in [-0.2, -0.15) is 0 Å². The fourth-order valence-electron chi connectivity index (χ4n) is 4.91. The summed E-state index contributed by atoms with van der Waals surface area (Å²) in [5.41, 5.74) is 8.93. The van der Waals surface area contributed by atoms with Gasteiger partial charge in [0.15, 0.2) is 5.82 Å². The fraction of sp³-hybridized carbons (Fsp3) is 0. The number of para-hydroxylation sites is 1. The first-order valence-corrected chi connectivity index (χ1v) is 12.3. The molecule has 0 aliphatic rings. The number of hydrogen-bond acceptors (Lipinski definition) is 3. The third-order valence-corrected chi connectivity index (χ3v) is 6.72. The van der Waals surface area contributed by atoms with Gasteiger partial charge in [-0.1, -0.05) is 109 Å². The van der Waals surface area contributed by atoms with Crippen molar-refractivity contribution >= 4 is 21.9 Å². The van der Waals surface area contributed by atoms with Gasteiger partial charge in [0.05, 0.1) is 11.4 Å². The summed E-state index contributed by atoms with van der Waals surface area (Å²) in [4.78, 5) is 10.0. The van der Waals surface area contributed by atoms with Gasteiger partial charge in [0.2, 0.25) is 0 Å². The van der Waals surface area contributed by atoms with Crippen LogP contribution in [0, 0.1) is 0 Å². The van der Waals surface area contributed by atoms with Gasteiger partial charge in [-0.05, 0) is 35.4 Å². The number of nitrogens with zero attached hydrogens (tertiary/aromatic N) is 2. The third kappa shape index (κ3) is 3.87. The van der Waals surface area contributed by atoms with E-state index in [4.69, 9.17) is 14.4 Å². The fourth-order valence-corrected chi connectivity index (χ4v) is 4.91. The Morgan fingerprint density at radius 1 is 0.405 bits per heavy atom. The van der Waals surface area contributed by atoms with Crippen molar-refractivity contribution < 1.29 is 4.42 Å². The highest BCUT2D eigenvalue weighted by Gasteiger charge is 2.15. The Morgan fingerprint density at radius 2 is 1.03 bits per heavy atom. The minimum Gasteiger partial charge on any atom is -0.456 e. The van der Waals surface area contributed by atoms with E-state index in [9.17, 15) is 0 Å². The molecule has 0 fully saturated rings. The highest BCUT2D eigenvalue weighted by molar-refractivity contribution is 6.06. The van der Waals surface area contributed by atoms with Crippen LogP contribution < -0.4 is 0 Å². The summed E-state index contributed by atoms with van der Waals surface area (Å²) in [6.07, 6.45) is 0. The van der Waals surface area contributed by atoms with Crippen LogP contribution in [-0.2, 0) is 0 Å². The van der Waals surface area contributed by atoms with Crippen LogP contribution in [0.1, 0.15) is 0 Å². The molecule has 0 aliphatic carbocycles. The van der Waals surface area contributed by atoms with Gasteiger partial charge in [-0.3, -0.25) is 0 Å². The maximum atomic E-state index is 6.07. The summed E-state index contributed by atoms with van der Waals surface area (Å²) in [5.74, 6) is 0.711. The van der Waals surface area contributed by atoms with Gasteiger partial charge in [0, 0.05) is 27.5 Å². The second-order valence-electron chi connectivity index (χ2n) is 9.05. The van der Waals surface area contributed by atoms with Crippen LogP contribution in [0.3, 0.4) is 0 Å². The molecule has 0 amide bonds. The average molecular weight is 475 g/mol. The van der Waals surface area contributed by atoms with Gasteiger partial charge in [-0.15, -0.1) is 0 Å². The SMILES string of the molecule is c1ccc(-c2cc(-c3ccccc3-c3ccc4oc5ccccc5c4c3)nc(-c3ccccc3)n2)cc1. The second kappa shape index (κ2) is 8.89. The van der Waals surface area contributed by atoms with Crippen LogP contribution in [-0.4, -0.2) is 9.97 Å². The zero-order chi connectivity index (χ0) is 24.6. The molecule has 3 heteroatoms. The van der Waals surface area contributed by atoms with Gasteiger partial charge in [0.25, 0.3) is 0 Å². The summed E-state index contributed by atoms with van der Waals surface area (Å²) in [6.45, 7) is 0. The molecule has 0 aliphatic heterocycles. The molecule has 0 bridgehead atoms. The Hall–Kier alpha value is -5.02. The summed E-state index contributed by atoms with van der Waals surface area (Å²) in [5, 5.41) is 2.23. The molecule has 7 aromatic rings. The Labute approximate surface area is 214 Å². The molecule has 0 radical (unpaired) electrons. The van der Waals surface area contributed by atoms with Crippen LogP contribution in [0.25, 0.3) is 67.0 Å². The van der Waals surface area contributed by atoms with E-state index in [1.807, 2.05) is 48.5 Å². The van der Waals surface area contributed by atoms with Crippen molar-refractivity contribution in [1.82, 2.24) is 9.97 Å². The lowest BCUT2D eigenvalue weighted by Gasteiger charge is -2.13. The quantitative estimate of drug-likeness (QED) is 0.255. The number of hydrogen-bond donors (Lipinski definition) is 0. The van der Waals surface area contributed by atoms with E-state index in [1.165, 1.54) is 0 Å². The lowest BCUT2D eigenvalue weighted by molar-refractivity contribution is 0.669. The first kappa shape index (κ1) is 21.3. The smallest absolute Gasteiger partial charge is 0.160 e. The van der Waals surface area contributed by atoms with Crippen molar-refractivity contribution in [2.75, 3.05) is 0 Å². The van der Waals surface area contributed by atoms with Crippen LogP contribution in [0.5, 0.6) is 0 Å². The molecule has 0 unspecified atom stereocenters. The number of benzene rings is 5. The van der Waals surface area contributed by atoms with Gasteiger partial charge in [-0.25, -0.2) is 9.97 Å². The molecule has 7 rings (SSSR count). The monoisotopic (exact) mass is 474 g/mol. The molecule has 37 heavy (non-hydrogen) atoms. The lowest BCUT2D eigenvalue weighted by atomic mass is 9.95. The van der Waals surface area contributed by atoms with E-state index in [0.717, 1.165) is 61.1 Å². The molecule has 174 valence electrons. The first-order valence-electron chi connectivity index (χ1n) is 12.3.